The van der Waals surface area contributed by atoms with Gasteiger partial charge in [0.05, 0.1) is 111 Å². The molecule has 9 aromatic rings. The van der Waals surface area contributed by atoms with Crippen LogP contribution in [0.3, 0.4) is 0 Å². The van der Waals surface area contributed by atoms with Crippen LogP contribution in [-0.2, 0) is 112 Å². The van der Waals surface area contributed by atoms with Gasteiger partial charge in [-0.1, -0.05) is 11.8 Å². The number of H-pyrrole nitrogens is 4. The third-order valence-corrected chi connectivity index (χ3v) is 15.1. The van der Waals surface area contributed by atoms with E-state index >= 15 is 0 Å². The van der Waals surface area contributed by atoms with Gasteiger partial charge in [-0.15, -0.1) is 45.3 Å². The van der Waals surface area contributed by atoms with Crippen molar-refractivity contribution >= 4 is 180 Å². The Labute approximate surface area is 525 Å². The molecule has 406 valence electrons. The van der Waals surface area contributed by atoms with Gasteiger partial charge in [0.25, 0.3) is 0 Å². The second kappa shape index (κ2) is 39.9. The summed E-state index contributed by atoms with van der Waals surface area (Å²) in [4.78, 5) is 112. The predicted octanol–water partition coefficient (Wildman–Crippen LogP) is 8.80. The van der Waals surface area contributed by atoms with Crippen molar-refractivity contribution in [2.24, 2.45) is 0 Å². The minimum absolute atomic E-state index is 0. The molecule has 9 rings (SSSR count). The van der Waals surface area contributed by atoms with Crippen molar-refractivity contribution < 1.29 is 132 Å². The Balaban J connectivity index is 0.00000113. The van der Waals surface area contributed by atoms with E-state index in [9.17, 15) is 38.4 Å². The smallest absolute Gasteiger partial charge is 0.632 e. The van der Waals surface area contributed by atoms with Crippen molar-refractivity contribution in [2.75, 3.05) is 28.4 Å². The molecule has 0 fully saturated rings. The Morgan fingerprint density at radius 3 is 1.26 bits per heavy atom. The number of thiophene rings is 4. The topological polar surface area (TPSA) is 383 Å². The van der Waals surface area contributed by atoms with Crippen LogP contribution in [0.2, 0.25) is 0 Å². The van der Waals surface area contributed by atoms with E-state index in [-0.39, 0.29) is 109 Å². The first kappa shape index (κ1) is 74.6. The number of rotatable bonds is 10. The molecule has 80 heavy (non-hydrogen) atoms. The molecule has 0 aliphatic rings. The Kier molecular flexibility index (Phi) is 37.2. The number of methoxy groups -OCH3 is 4. The van der Waals surface area contributed by atoms with Crippen LogP contribution in [0.15, 0.2) is 61.1 Å². The summed E-state index contributed by atoms with van der Waals surface area (Å²) in [5, 5.41) is 0. The zero-order chi connectivity index (χ0) is 55.6. The van der Waals surface area contributed by atoms with Gasteiger partial charge in [0, 0.05) is 24.4 Å². The van der Waals surface area contributed by atoms with Gasteiger partial charge in [-0.25, -0.2) is 44.0 Å². The summed E-state index contributed by atoms with van der Waals surface area (Å²) >= 11 is 6.57. The molecule has 4 unspecified atom stereocenters. The molecule has 0 saturated heterocycles. The van der Waals surface area contributed by atoms with E-state index in [0.717, 1.165) is 85.3 Å². The average Bonchev–Trinajstić information content (AvgIpc) is 4.26. The van der Waals surface area contributed by atoms with Gasteiger partial charge in [-0.3, -0.25) is 19.2 Å². The third-order valence-electron chi connectivity index (χ3n) is 8.22. The van der Waals surface area contributed by atoms with E-state index < -0.39 is 24.4 Å². The number of nitrogens with zero attached hydrogens (tertiary/aromatic N) is 4. The van der Waals surface area contributed by atoms with Crippen molar-refractivity contribution in [1.82, 2.24) is 39.9 Å². The van der Waals surface area contributed by atoms with Gasteiger partial charge in [-0.2, -0.15) is 34.3 Å². The fourth-order valence-electron chi connectivity index (χ4n) is 5.13. The molecule has 0 bridgehead atoms. The second-order valence-corrected chi connectivity index (χ2v) is 21.1. The summed E-state index contributed by atoms with van der Waals surface area (Å²) in [6.07, 6.45) is 1.13. The predicted molar refractivity (Wildman–Crippen MR) is 303 cm³/mol. The molecule has 4 amide bonds. The van der Waals surface area contributed by atoms with Crippen LogP contribution >= 0.6 is 79.7 Å². The minimum atomic E-state index is -0.995. The number of carbonyl (C=O) groups is 4. The number of aromatic amines is 4. The van der Waals surface area contributed by atoms with Crippen molar-refractivity contribution in [3.05, 3.63) is 105 Å². The fraction of sp³-hybridized carbons (Fsp3) is 0.0909. The average molecular weight is 1380 g/mol. The van der Waals surface area contributed by atoms with E-state index in [0.29, 0.717) is 28.0 Å². The number of nitrogens with one attached hydrogen (secondary N) is 8. The van der Waals surface area contributed by atoms with E-state index in [2.05, 4.69) is 107 Å². The number of ether oxygens (including phenoxy) is 4. The van der Waals surface area contributed by atoms with Crippen molar-refractivity contribution in [2.45, 2.75) is 0 Å². The van der Waals surface area contributed by atoms with Gasteiger partial charge in [0.1, 0.15) is 5.69 Å². The van der Waals surface area contributed by atoms with Crippen molar-refractivity contribution in [3.63, 3.8) is 0 Å². The SMILES string of the molecule is COC([NH-])=O.COC([NH-])=O.COC([NH-])=O.COC([NH-])=O.O=[C-]Pc1ncc(-c2cc3sc(C#Cc4ccc5nc(P[C-]=O)[nH]c5c4)cc3s2)[nH]1.O=[C-]Pc1ncc(C#Cc2cc3sc(-c4cnc(P[C-]=O)[nH]4)cc3s2)[nH]1.[V+2].[V+2].[V+2].[V+2]. The van der Waals surface area contributed by atoms with Crippen LogP contribution in [0, 0.1) is 23.7 Å². The van der Waals surface area contributed by atoms with Gasteiger partial charge in [0.2, 0.25) is 24.4 Å². The van der Waals surface area contributed by atoms with Gasteiger partial charge < -0.3 is 81.0 Å². The van der Waals surface area contributed by atoms with Gasteiger partial charge >= 0.3 is 74.2 Å². The first-order valence-electron chi connectivity index (χ1n) is 20.0. The molecule has 4 atom stereocenters. The standard InChI is InChI=1S/C20H10N4O2P2S2.C16H8N4O2P2S2.4C2H5NO2.4V/c25-9-27-19-21-8-15(24-19)16-7-18-17(30-16)6-12(29-18)3-1-11-2-4-13-14(5-11)23-20(22-13)28-10-26;21-7-23-15-17-5-9(19-15)1-2-10-3-13-14(25-10)4-12(26-13)11-6-18-16(20-11)24-8-22;4*1-5-2(3)4;;;;/h2,4-8,27-28H,(H,21,24)(H,22,23);3-6,23-24H,(H,17,19)(H,18,20);4*1H3,(H2,3,4);;;;/q2*-2;;;;;4*+2/p-4. The Morgan fingerprint density at radius 2 is 0.863 bits per heavy atom. The third kappa shape index (κ3) is 25.6. The molecule has 1 aromatic carbocycles. The van der Waals surface area contributed by atoms with E-state index in [1.54, 1.807) is 63.9 Å². The number of benzene rings is 1. The first-order valence-corrected chi connectivity index (χ1v) is 27.3. The normalized spacial score (nSPS) is 9.80. The number of carbonyl (C=O) groups excluding carboxylic acids is 8. The quantitative estimate of drug-likeness (QED) is 0.0430. The molecule has 0 saturated carbocycles. The summed E-state index contributed by atoms with van der Waals surface area (Å²) < 4.78 is 19.7. The maximum absolute atomic E-state index is 10.5. The largest absolute Gasteiger partial charge is 2.00 e. The monoisotopic (exact) mass is 1380 g/mol. The Hall–Kier alpha value is -5.42. The summed E-state index contributed by atoms with van der Waals surface area (Å²) in [6, 6.07) is 21.6. The minimum Gasteiger partial charge on any atom is -0.632 e. The molecular formula is C44H34N12O12P4S4V4. The number of amides is 4. The molecule has 4 radical (unpaired) electrons. The second-order valence-electron chi connectivity index (χ2n) is 13.0. The van der Waals surface area contributed by atoms with Crippen LogP contribution in [0.4, 0.5) is 19.2 Å². The van der Waals surface area contributed by atoms with Gasteiger partial charge in [0.15, 0.2) is 0 Å². The number of hydrogen-bond acceptors (Lipinski definition) is 20. The molecule has 0 aliphatic heterocycles. The molecule has 0 spiro atoms. The maximum atomic E-state index is 10.5. The fourth-order valence-corrected chi connectivity index (χ4v) is 11.3. The summed E-state index contributed by atoms with van der Waals surface area (Å²) in [5.41, 5.74) is 31.4. The van der Waals surface area contributed by atoms with Crippen LogP contribution in [0.25, 0.3) is 73.9 Å². The van der Waals surface area contributed by atoms with Crippen LogP contribution in [-0.4, -0.2) is 117 Å². The number of imidazole rings is 4. The zero-order valence-electron chi connectivity index (χ0n) is 40.9. The van der Waals surface area contributed by atoms with E-state index in [4.69, 9.17) is 22.9 Å². The van der Waals surface area contributed by atoms with Crippen molar-refractivity contribution in [3.8, 4) is 44.8 Å². The molecule has 0 aliphatic carbocycles. The first-order chi connectivity index (χ1) is 36.5. The molecule has 8 heterocycles. The van der Waals surface area contributed by atoms with Gasteiger partial charge in [-0.05, 0) is 54.3 Å². The molecule has 24 nitrogen and oxygen atoms in total. The number of hydrogen-bond donors (Lipinski definition) is 4. The zero-order valence-corrected chi connectivity index (χ0v) is 53.7. The van der Waals surface area contributed by atoms with E-state index in [1.165, 1.54) is 9.40 Å². The molecule has 36 heteroatoms. The number of fused-ring (bicyclic) bond motifs is 3. The Morgan fingerprint density at radius 1 is 0.487 bits per heavy atom. The van der Waals surface area contributed by atoms with Crippen LogP contribution in [0.1, 0.15) is 21.0 Å². The summed E-state index contributed by atoms with van der Waals surface area (Å²) in [5.74, 6) is 12.6. The van der Waals surface area contributed by atoms with Crippen molar-refractivity contribution in [1.29, 1.82) is 0 Å². The molecule has 8 N–H and O–H groups in total. The van der Waals surface area contributed by atoms with E-state index in [1.807, 2.05) is 42.3 Å². The number of aromatic nitrogens is 8. The molecule has 8 aromatic heterocycles. The Bertz CT molecular complexity index is 3480. The van der Waals surface area contributed by atoms with Crippen LogP contribution < -0.4 is 22.3 Å². The molecular weight excluding hydrogens is 1340 g/mol. The van der Waals surface area contributed by atoms with Crippen LogP contribution in [0.5, 0.6) is 0 Å². The maximum Gasteiger partial charge on any atom is 2.00 e. The summed E-state index contributed by atoms with van der Waals surface area (Å²) in [6.45, 7) is 0. The summed E-state index contributed by atoms with van der Waals surface area (Å²) in [7, 11) is 4.29.